The van der Waals surface area contributed by atoms with Crippen LogP contribution in [-0.4, -0.2) is 19.2 Å². The molecule has 0 atom stereocenters. The van der Waals surface area contributed by atoms with Gasteiger partial charge in [0.15, 0.2) is 5.78 Å². The van der Waals surface area contributed by atoms with E-state index in [9.17, 15) is 13.2 Å². The van der Waals surface area contributed by atoms with Crippen molar-refractivity contribution in [1.82, 2.24) is 4.98 Å². The van der Waals surface area contributed by atoms with Crippen molar-refractivity contribution < 1.29 is 13.2 Å². The zero-order chi connectivity index (χ0) is 17.9. The molecule has 1 N–H and O–H groups in total. The Bertz CT molecular complexity index is 998. The van der Waals surface area contributed by atoms with Gasteiger partial charge in [0.05, 0.1) is 22.5 Å². The monoisotopic (exact) mass is 352 g/mol. The third-order valence-electron chi connectivity index (χ3n) is 3.64. The summed E-state index contributed by atoms with van der Waals surface area (Å²) in [6.07, 6.45) is 1.47. The summed E-state index contributed by atoms with van der Waals surface area (Å²) in [5.41, 5.74) is 2.40. The topological polar surface area (TPSA) is 76.1 Å². The first-order valence-corrected chi connectivity index (χ1v) is 9.09. The second kappa shape index (κ2) is 6.86. The SMILES string of the molecule is CC(=O)c1cccc(S(=O)(=O)Nc2ccc(-c3ccccc3)nc2)c1. The summed E-state index contributed by atoms with van der Waals surface area (Å²) in [5.74, 6) is -0.189. The highest BCUT2D eigenvalue weighted by molar-refractivity contribution is 7.92. The summed E-state index contributed by atoms with van der Waals surface area (Å²) in [4.78, 5) is 15.8. The molecule has 0 bridgehead atoms. The molecule has 6 heteroatoms. The van der Waals surface area contributed by atoms with Crippen molar-refractivity contribution in [2.45, 2.75) is 11.8 Å². The van der Waals surface area contributed by atoms with Gasteiger partial charge in [-0.05, 0) is 31.2 Å². The number of carbonyl (C=O) groups is 1. The summed E-state index contributed by atoms with van der Waals surface area (Å²) in [5, 5.41) is 0. The normalized spacial score (nSPS) is 11.1. The maximum absolute atomic E-state index is 12.5. The number of benzene rings is 2. The summed E-state index contributed by atoms with van der Waals surface area (Å²) >= 11 is 0. The molecule has 0 fully saturated rings. The number of rotatable bonds is 5. The first-order chi connectivity index (χ1) is 12.0. The Morgan fingerprint density at radius 3 is 2.36 bits per heavy atom. The molecule has 0 spiro atoms. The van der Waals surface area contributed by atoms with Crippen molar-refractivity contribution in [3.8, 4) is 11.3 Å². The first-order valence-electron chi connectivity index (χ1n) is 7.61. The predicted octanol–water partition coefficient (Wildman–Crippen LogP) is 3.75. The molecule has 3 aromatic rings. The fourth-order valence-corrected chi connectivity index (χ4v) is 3.42. The molecule has 0 aliphatic heterocycles. The Morgan fingerprint density at radius 1 is 0.960 bits per heavy atom. The van der Waals surface area contributed by atoms with Gasteiger partial charge in [0.25, 0.3) is 10.0 Å². The van der Waals surface area contributed by atoms with Crippen molar-refractivity contribution in [3.63, 3.8) is 0 Å². The van der Waals surface area contributed by atoms with Gasteiger partial charge >= 0.3 is 0 Å². The van der Waals surface area contributed by atoms with Crippen LogP contribution in [0.25, 0.3) is 11.3 Å². The third kappa shape index (κ3) is 3.92. The van der Waals surface area contributed by atoms with Crippen LogP contribution in [0.15, 0.2) is 77.8 Å². The van der Waals surface area contributed by atoms with Gasteiger partial charge in [-0.2, -0.15) is 0 Å². The minimum Gasteiger partial charge on any atom is -0.295 e. The standard InChI is InChI=1S/C19H16N2O3S/c1-14(22)16-8-5-9-18(12-16)25(23,24)21-17-10-11-19(20-13-17)15-6-3-2-4-7-15/h2-13,21H,1H3. The van der Waals surface area contributed by atoms with Gasteiger partial charge in [0.2, 0.25) is 0 Å². The number of sulfonamides is 1. The Morgan fingerprint density at radius 2 is 1.72 bits per heavy atom. The van der Waals surface area contributed by atoms with Crippen LogP contribution in [-0.2, 0) is 10.0 Å². The average Bonchev–Trinajstić information content (AvgIpc) is 2.63. The molecular formula is C19H16N2O3S. The van der Waals surface area contributed by atoms with Crippen molar-refractivity contribution in [2.75, 3.05) is 4.72 Å². The number of ketones is 1. The van der Waals surface area contributed by atoms with E-state index in [1.807, 2.05) is 30.3 Å². The lowest BCUT2D eigenvalue weighted by Crippen LogP contribution is -2.13. The molecule has 5 nitrogen and oxygen atoms in total. The lowest BCUT2D eigenvalue weighted by Gasteiger charge is -2.09. The number of aromatic nitrogens is 1. The minimum atomic E-state index is -3.79. The summed E-state index contributed by atoms with van der Waals surface area (Å²) < 4.78 is 27.4. The van der Waals surface area contributed by atoms with E-state index in [0.717, 1.165) is 11.3 Å². The van der Waals surface area contributed by atoms with Gasteiger partial charge in [-0.1, -0.05) is 42.5 Å². The molecule has 0 aliphatic carbocycles. The highest BCUT2D eigenvalue weighted by Crippen LogP contribution is 2.20. The highest BCUT2D eigenvalue weighted by Gasteiger charge is 2.15. The number of carbonyl (C=O) groups excluding carboxylic acids is 1. The maximum Gasteiger partial charge on any atom is 0.261 e. The highest BCUT2D eigenvalue weighted by atomic mass is 32.2. The number of Topliss-reactive ketones (excluding diaryl/α,β-unsaturated/α-hetero) is 1. The lowest BCUT2D eigenvalue weighted by molar-refractivity contribution is 0.101. The Labute approximate surface area is 146 Å². The Kier molecular flexibility index (Phi) is 4.63. The summed E-state index contributed by atoms with van der Waals surface area (Å²) in [6.45, 7) is 1.39. The fraction of sp³-hybridized carbons (Fsp3) is 0.0526. The third-order valence-corrected chi connectivity index (χ3v) is 5.02. The van der Waals surface area contributed by atoms with Crippen molar-refractivity contribution >= 4 is 21.5 Å². The average molecular weight is 352 g/mol. The number of nitrogens with zero attached hydrogens (tertiary/aromatic N) is 1. The van der Waals surface area contributed by atoms with Crippen LogP contribution in [0.5, 0.6) is 0 Å². The summed E-state index contributed by atoms with van der Waals surface area (Å²) in [6, 6.07) is 18.9. The van der Waals surface area contributed by atoms with Crippen LogP contribution in [0.1, 0.15) is 17.3 Å². The van der Waals surface area contributed by atoms with E-state index >= 15 is 0 Å². The zero-order valence-corrected chi connectivity index (χ0v) is 14.3. The molecule has 1 aromatic heterocycles. The van der Waals surface area contributed by atoms with Crippen LogP contribution >= 0.6 is 0 Å². The van der Waals surface area contributed by atoms with Gasteiger partial charge < -0.3 is 0 Å². The predicted molar refractivity (Wildman–Crippen MR) is 96.9 cm³/mol. The maximum atomic E-state index is 12.5. The molecule has 126 valence electrons. The summed E-state index contributed by atoms with van der Waals surface area (Å²) in [7, 11) is -3.79. The van der Waals surface area contributed by atoms with E-state index in [4.69, 9.17) is 0 Å². The second-order valence-corrected chi connectivity index (χ2v) is 7.17. The Hall–Kier alpha value is -2.99. The molecule has 2 aromatic carbocycles. The van der Waals surface area contributed by atoms with Crippen LogP contribution in [0.2, 0.25) is 0 Å². The number of hydrogen-bond donors (Lipinski definition) is 1. The van der Waals surface area contributed by atoms with Crippen molar-refractivity contribution in [3.05, 3.63) is 78.5 Å². The van der Waals surface area contributed by atoms with E-state index < -0.39 is 10.0 Å². The molecule has 25 heavy (non-hydrogen) atoms. The molecule has 0 saturated heterocycles. The van der Waals surface area contributed by atoms with E-state index in [0.29, 0.717) is 11.3 Å². The van der Waals surface area contributed by atoms with Gasteiger partial charge in [0, 0.05) is 11.1 Å². The first kappa shape index (κ1) is 16.9. The Balaban J connectivity index is 1.84. The molecule has 3 rings (SSSR count). The van der Waals surface area contributed by atoms with E-state index in [-0.39, 0.29) is 10.7 Å². The lowest BCUT2D eigenvalue weighted by atomic mass is 10.1. The smallest absolute Gasteiger partial charge is 0.261 e. The molecule has 0 aliphatic rings. The zero-order valence-electron chi connectivity index (χ0n) is 13.5. The van der Waals surface area contributed by atoms with Gasteiger partial charge in [-0.15, -0.1) is 0 Å². The molecule has 0 radical (unpaired) electrons. The van der Waals surface area contributed by atoms with Crippen molar-refractivity contribution in [2.24, 2.45) is 0 Å². The van der Waals surface area contributed by atoms with E-state index in [2.05, 4.69) is 9.71 Å². The van der Waals surface area contributed by atoms with Gasteiger partial charge in [-0.3, -0.25) is 14.5 Å². The van der Waals surface area contributed by atoms with Gasteiger partial charge in [0.1, 0.15) is 0 Å². The molecular weight excluding hydrogens is 336 g/mol. The molecule has 0 unspecified atom stereocenters. The van der Waals surface area contributed by atoms with Crippen LogP contribution < -0.4 is 4.72 Å². The molecule has 1 heterocycles. The number of pyridine rings is 1. The number of nitrogens with one attached hydrogen (secondary N) is 1. The largest absolute Gasteiger partial charge is 0.295 e. The van der Waals surface area contributed by atoms with E-state index in [1.54, 1.807) is 24.3 Å². The van der Waals surface area contributed by atoms with Crippen molar-refractivity contribution in [1.29, 1.82) is 0 Å². The van der Waals surface area contributed by atoms with Crippen LogP contribution in [0, 0.1) is 0 Å². The second-order valence-electron chi connectivity index (χ2n) is 5.49. The number of hydrogen-bond acceptors (Lipinski definition) is 4. The molecule has 0 amide bonds. The molecule has 0 saturated carbocycles. The quantitative estimate of drug-likeness (QED) is 0.710. The van der Waals surface area contributed by atoms with E-state index in [1.165, 1.54) is 25.3 Å². The van der Waals surface area contributed by atoms with Gasteiger partial charge in [-0.25, -0.2) is 8.42 Å². The number of anilines is 1. The van der Waals surface area contributed by atoms with Crippen LogP contribution in [0.3, 0.4) is 0 Å². The van der Waals surface area contributed by atoms with Crippen LogP contribution in [0.4, 0.5) is 5.69 Å². The fourth-order valence-electron chi connectivity index (χ4n) is 2.33. The minimum absolute atomic E-state index is 0.0346.